The van der Waals surface area contributed by atoms with Crippen molar-refractivity contribution in [1.29, 1.82) is 0 Å². The number of anilines is 3. The van der Waals surface area contributed by atoms with E-state index in [9.17, 15) is 9.59 Å². The van der Waals surface area contributed by atoms with E-state index in [1.54, 1.807) is 41.9 Å². The fourth-order valence-corrected chi connectivity index (χ4v) is 4.37. The van der Waals surface area contributed by atoms with Crippen LogP contribution in [0.2, 0.25) is 0 Å². The molecule has 0 unspecified atom stereocenters. The number of amides is 2. The third-order valence-electron chi connectivity index (χ3n) is 4.87. The highest BCUT2D eigenvalue weighted by Gasteiger charge is 2.14. The summed E-state index contributed by atoms with van der Waals surface area (Å²) >= 11 is 1.63. The van der Waals surface area contributed by atoms with Crippen molar-refractivity contribution in [2.75, 3.05) is 29.1 Å². The molecule has 0 aliphatic rings. The van der Waals surface area contributed by atoms with Crippen molar-refractivity contribution in [1.82, 2.24) is 9.97 Å². The van der Waals surface area contributed by atoms with Gasteiger partial charge in [-0.2, -0.15) is 0 Å². The van der Waals surface area contributed by atoms with Crippen LogP contribution >= 0.6 is 11.3 Å². The lowest BCUT2D eigenvalue weighted by atomic mass is 10.2. The fourth-order valence-electron chi connectivity index (χ4n) is 3.37. The van der Waals surface area contributed by atoms with Gasteiger partial charge in [0.1, 0.15) is 17.0 Å². The van der Waals surface area contributed by atoms with Crippen molar-refractivity contribution < 1.29 is 9.59 Å². The number of fused-ring (bicyclic) bond motifs is 1. The largest absolute Gasteiger partial charge is 0.359 e. The van der Waals surface area contributed by atoms with Gasteiger partial charge in [-0.3, -0.25) is 9.59 Å². The number of carbonyl (C=O) groups is 2. The topological polar surface area (TPSA) is 87.2 Å². The van der Waals surface area contributed by atoms with Gasteiger partial charge < -0.3 is 15.5 Å². The number of hydrogen-bond acceptors (Lipinski definition) is 6. The van der Waals surface area contributed by atoms with Crippen LogP contribution in [0.15, 0.2) is 67.0 Å². The summed E-state index contributed by atoms with van der Waals surface area (Å²) in [4.78, 5) is 36.6. The SMILES string of the molecule is CC(=O)Nc1cccc(NC(=O)CCN(C)c2ncnc3sc(-c4ccccc4)cc23)c1. The van der Waals surface area contributed by atoms with Gasteiger partial charge in [0.25, 0.3) is 0 Å². The van der Waals surface area contributed by atoms with Crippen molar-refractivity contribution in [2.45, 2.75) is 13.3 Å². The summed E-state index contributed by atoms with van der Waals surface area (Å²) < 4.78 is 0. The molecule has 7 nitrogen and oxygen atoms in total. The number of aromatic nitrogens is 2. The maximum Gasteiger partial charge on any atom is 0.226 e. The van der Waals surface area contributed by atoms with E-state index in [0.29, 0.717) is 24.3 Å². The van der Waals surface area contributed by atoms with E-state index in [2.05, 4.69) is 38.8 Å². The second-order valence-electron chi connectivity index (χ2n) is 7.37. The van der Waals surface area contributed by atoms with Crippen molar-refractivity contribution in [3.63, 3.8) is 0 Å². The Balaban J connectivity index is 1.43. The van der Waals surface area contributed by atoms with E-state index in [-0.39, 0.29) is 11.8 Å². The summed E-state index contributed by atoms with van der Waals surface area (Å²) in [5, 5.41) is 6.56. The summed E-state index contributed by atoms with van der Waals surface area (Å²) in [5.41, 5.74) is 2.42. The molecule has 2 N–H and O–H groups in total. The van der Waals surface area contributed by atoms with Crippen molar-refractivity contribution in [3.8, 4) is 10.4 Å². The minimum atomic E-state index is -0.157. The zero-order chi connectivity index (χ0) is 22.5. The highest BCUT2D eigenvalue weighted by molar-refractivity contribution is 7.21. The fraction of sp³-hybridized carbons (Fsp3) is 0.167. The monoisotopic (exact) mass is 445 g/mol. The van der Waals surface area contributed by atoms with Crippen LogP contribution in [0.1, 0.15) is 13.3 Å². The van der Waals surface area contributed by atoms with Gasteiger partial charge in [0.15, 0.2) is 0 Å². The van der Waals surface area contributed by atoms with Gasteiger partial charge in [0, 0.05) is 43.2 Å². The van der Waals surface area contributed by atoms with Crippen LogP contribution in [0.25, 0.3) is 20.7 Å². The second-order valence-corrected chi connectivity index (χ2v) is 8.41. The zero-order valence-electron chi connectivity index (χ0n) is 17.8. The minimum absolute atomic E-state index is 0.114. The Bertz CT molecular complexity index is 1260. The number of benzene rings is 2. The molecule has 0 saturated heterocycles. The lowest BCUT2D eigenvalue weighted by molar-refractivity contribution is -0.116. The maximum absolute atomic E-state index is 12.5. The molecule has 8 heteroatoms. The van der Waals surface area contributed by atoms with Gasteiger partial charge >= 0.3 is 0 Å². The predicted octanol–water partition coefficient (Wildman–Crippen LogP) is 4.78. The van der Waals surface area contributed by atoms with E-state index < -0.39 is 0 Å². The first-order chi connectivity index (χ1) is 15.5. The molecule has 0 aliphatic carbocycles. The molecule has 0 bridgehead atoms. The number of nitrogens with one attached hydrogen (secondary N) is 2. The summed E-state index contributed by atoms with van der Waals surface area (Å²) in [7, 11) is 1.92. The number of thiophene rings is 1. The minimum Gasteiger partial charge on any atom is -0.359 e. The van der Waals surface area contributed by atoms with Crippen molar-refractivity contribution in [3.05, 3.63) is 67.0 Å². The Morgan fingerprint density at radius 2 is 1.72 bits per heavy atom. The predicted molar refractivity (Wildman–Crippen MR) is 130 cm³/mol. The molecule has 2 heterocycles. The van der Waals surface area contributed by atoms with Crippen LogP contribution in [-0.4, -0.2) is 35.4 Å². The summed E-state index contributed by atoms with van der Waals surface area (Å²) in [6.07, 6.45) is 1.86. The molecule has 32 heavy (non-hydrogen) atoms. The van der Waals surface area contributed by atoms with E-state index in [4.69, 9.17) is 0 Å². The Kier molecular flexibility index (Phi) is 6.42. The van der Waals surface area contributed by atoms with Gasteiger partial charge in [-0.25, -0.2) is 9.97 Å². The van der Waals surface area contributed by atoms with E-state index >= 15 is 0 Å². The second kappa shape index (κ2) is 9.57. The van der Waals surface area contributed by atoms with Gasteiger partial charge in [0.05, 0.1) is 5.39 Å². The van der Waals surface area contributed by atoms with E-state index in [1.807, 2.05) is 30.1 Å². The zero-order valence-corrected chi connectivity index (χ0v) is 18.6. The number of carbonyl (C=O) groups excluding carboxylic acids is 2. The number of rotatable bonds is 7. The molecule has 162 valence electrons. The molecule has 2 aromatic heterocycles. The Morgan fingerprint density at radius 1 is 0.969 bits per heavy atom. The number of hydrogen-bond donors (Lipinski definition) is 2. The Morgan fingerprint density at radius 3 is 2.47 bits per heavy atom. The molecule has 4 rings (SSSR count). The standard InChI is InChI=1S/C24H23N5O2S/c1-16(30)27-18-9-6-10-19(13-18)28-22(31)11-12-29(2)23-20-14-21(17-7-4-3-5-8-17)32-24(20)26-15-25-23/h3-10,13-15H,11-12H2,1-2H3,(H,27,30)(H,28,31). The highest BCUT2D eigenvalue weighted by atomic mass is 32.1. The van der Waals surface area contributed by atoms with Crippen LogP contribution in [-0.2, 0) is 9.59 Å². The lowest BCUT2D eigenvalue weighted by Crippen LogP contribution is -2.24. The van der Waals surface area contributed by atoms with Crippen LogP contribution < -0.4 is 15.5 Å². The lowest BCUT2D eigenvalue weighted by Gasteiger charge is -2.18. The van der Waals surface area contributed by atoms with Crippen LogP contribution in [0.3, 0.4) is 0 Å². The molecular weight excluding hydrogens is 422 g/mol. The summed E-state index contributed by atoms with van der Waals surface area (Å²) in [5.74, 6) is 0.529. The molecule has 4 aromatic rings. The highest BCUT2D eigenvalue weighted by Crippen LogP contribution is 2.35. The van der Waals surface area contributed by atoms with Crippen molar-refractivity contribution >= 4 is 50.6 Å². The molecule has 0 aliphatic heterocycles. The van der Waals surface area contributed by atoms with Crippen LogP contribution in [0, 0.1) is 0 Å². The number of nitrogens with zero attached hydrogens (tertiary/aromatic N) is 3. The smallest absolute Gasteiger partial charge is 0.226 e. The van der Waals surface area contributed by atoms with Gasteiger partial charge in [-0.1, -0.05) is 36.4 Å². The molecule has 0 fully saturated rings. The van der Waals surface area contributed by atoms with Crippen molar-refractivity contribution in [2.24, 2.45) is 0 Å². The molecule has 0 atom stereocenters. The molecule has 0 saturated carbocycles. The molecule has 2 aromatic carbocycles. The van der Waals surface area contributed by atoms with Crippen LogP contribution in [0.5, 0.6) is 0 Å². The summed E-state index contributed by atoms with van der Waals surface area (Å²) in [6.45, 7) is 1.95. The third kappa shape index (κ3) is 5.09. The summed E-state index contributed by atoms with van der Waals surface area (Å²) in [6, 6.07) is 19.4. The molecule has 0 radical (unpaired) electrons. The first kappa shape index (κ1) is 21.5. The quantitative estimate of drug-likeness (QED) is 0.427. The Labute approximate surface area is 190 Å². The molecular formula is C24H23N5O2S. The molecule has 2 amide bonds. The first-order valence-corrected chi connectivity index (χ1v) is 11.0. The van der Waals surface area contributed by atoms with Crippen LogP contribution in [0.4, 0.5) is 17.2 Å². The van der Waals surface area contributed by atoms with Gasteiger partial charge in [-0.15, -0.1) is 11.3 Å². The van der Waals surface area contributed by atoms with Gasteiger partial charge in [0.2, 0.25) is 11.8 Å². The third-order valence-corrected chi connectivity index (χ3v) is 5.96. The average molecular weight is 446 g/mol. The Hall–Kier alpha value is -3.78. The first-order valence-electron chi connectivity index (χ1n) is 10.2. The van der Waals surface area contributed by atoms with E-state index in [1.165, 1.54) is 6.92 Å². The van der Waals surface area contributed by atoms with Gasteiger partial charge in [-0.05, 0) is 29.8 Å². The maximum atomic E-state index is 12.5. The average Bonchev–Trinajstić information content (AvgIpc) is 3.22. The van der Waals surface area contributed by atoms with E-state index in [0.717, 1.165) is 26.5 Å². The normalized spacial score (nSPS) is 10.7. The molecule has 0 spiro atoms.